The van der Waals surface area contributed by atoms with Gasteiger partial charge < -0.3 is 15.4 Å². The Bertz CT molecular complexity index is 975. The summed E-state index contributed by atoms with van der Waals surface area (Å²) >= 11 is 1.65. The van der Waals surface area contributed by atoms with Crippen LogP contribution in [0.3, 0.4) is 0 Å². The van der Waals surface area contributed by atoms with Crippen LogP contribution in [-0.2, 0) is 4.74 Å². The Morgan fingerprint density at radius 3 is 2.71 bits per heavy atom. The zero-order chi connectivity index (χ0) is 19.5. The van der Waals surface area contributed by atoms with Crippen molar-refractivity contribution >= 4 is 28.7 Å². The number of nitrogens with one attached hydrogen (secondary N) is 2. The molecule has 0 aromatic carbocycles. The second-order valence-electron chi connectivity index (χ2n) is 6.82. The van der Waals surface area contributed by atoms with Gasteiger partial charge in [0.05, 0.1) is 34.2 Å². The maximum absolute atomic E-state index is 12.6. The molecule has 1 saturated heterocycles. The van der Waals surface area contributed by atoms with Gasteiger partial charge in [-0.25, -0.2) is 4.79 Å². The largest absolute Gasteiger partial charge is 0.381 e. The van der Waals surface area contributed by atoms with E-state index in [4.69, 9.17) is 4.74 Å². The Balaban J connectivity index is 1.48. The highest BCUT2D eigenvalue weighted by Gasteiger charge is 2.20. The molecular formula is C20H23N5O2S. The Labute approximate surface area is 167 Å². The molecule has 0 atom stereocenters. The molecule has 0 unspecified atom stereocenters. The van der Waals surface area contributed by atoms with Crippen molar-refractivity contribution in [2.75, 3.05) is 23.8 Å². The Kier molecular flexibility index (Phi) is 5.40. The van der Waals surface area contributed by atoms with Crippen molar-refractivity contribution < 1.29 is 9.53 Å². The van der Waals surface area contributed by atoms with Crippen molar-refractivity contribution in [2.24, 2.45) is 0 Å². The normalized spacial score (nSPS) is 14.8. The smallest absolute Gasteiger partial charge is 0.323 e. The number of ether oxygens (including phenoxy) is 1. The quantitative estimate of drug-likeness (QED) is 0.673. The van der Waals surface area contributed by atoms with Crippen LogP contribution in [0.25, 0.3) is 10.6 Å². The molecule has 1 aliphatic rings. The molecule has 3 aromatic rings. The summed E-state index contributed by atoms with van der Waals surface area (Å²) in [6, 6.07) is 7.75. The van der Waals surface area contributed by atoms with Crippen molar-refractivity contribution in [1.29, 1.82) is 0 Å². The number of carbonyl (C=O) groups excluding carboxylic acids is 1. The van der Waals surface area contributed by atoms with Gasteiger partial charge in [0.15, 0.2) is 0 Å². The van der Waals surface area contributed by atoms with E-state index in [9.17, 15) is 4.79 Å². The highest BCUT2D eigenvalue weighted by atomic mass is 32.1. The summed E-state index contributed by atoms with van der Waals surface area (Å²) in [6.45, 7) is 5.52. The van der Waals surface area contributed by atoms with Crippen molar-refractivity contribution in [1.82, 2.24) is 14.8 Å². The third-order valence-electron chi connectivity index (χ3n) is 4.86. The van der Waals surface area contributed by atoms with Gasteiger partial charge in [0, 0.05) is 24.3 Å². The lowest BCUT2D eigenvalue weighted by molar-refractivity contribution is 0.0657. The molecule has 0 bridgehead atoms. The van der Waals surface area contributed by atoms with Crippen LogP contribution in [0.5, 0.6) is 0 Å². The van der Waals surface area contributed by atoms with E-state index in [0.29, 0.717) is 17.4 Å². The van der Waals surface area contributed by atoms with Crippen LogP contribution in [0, 0.1) is 13.8 Å². The first-order chi connectivity index (χ1) is 13.6. The monoisotopic (exact) mass is 397 g/mol. The maximum atomic E-state index is 12.6. The van der Waals surface area contributed by atoms with Crippen LogP contribution in [0.1, 0.15) is 29.5 Å². The van der Waals surface area contributed by atoms with E-state index < -0.39 is 0 Å². The van der Waals surface area contributed by atoms with Gasteiger partial charge in [-0.05, 0) is 51.0 Å². The number of carbonyl (C=O) groups is 1. The zero-order valence-corrected chi connectivity index (χ0v) is 16.8. The Hall–Kier alpha value is -2.71. The Morgan fingerprint density at radius 2 is 1.96 bits per heavy atom. The molecule has 28 heavy (non-hydrogen) atoms. The maximum Gasteiger partial charge on any atom is 0.323 e. The highest BCUT2D eigenvalue weighted by molar-refractivity contribution is 7.15. The summed E-state index contributed by atoms with van der Waals surface area (Å²) < 4.78 is 7.41. The van der Waals surface area contributed by atoms with Gasteiger partial charge in [0.1, 0.15) is 5.69 Å². The van der Waals surface area contributed by atoms with Crippen LogP contribution in [0.15, 0.2) is 36.7 Å². The van der Waals surface area contributed by atoms with Gasteiger partial charge in [-0.15, -0.1) is 11.3 Å². The van der Waals surface area contributed by atoms with E-state index in [-0.39, 0.29) is 6.03 Å². The molecule has 1 fully saturated rings. The van der Waals surface area contributed by atoms with E-state index in [1.165, 1.54) is 4.88 Å². The summed E-state index contributed by atoms with van der Waals surface area (Å²) in [5.74, 6) is 0. The molecular weight excluding hydrogens is 374 g/mol. The molecule has 0 radical (unpaired) electrons. The molecule has 2 amide bonds. The van der Waals surface area contributed by atoms with Gasteiger partial charge >= 0.3 is 6.03 Å². The molecule has 0 saturated carbocycles. The lowest BCUT2D eigenvalue weighted by Gasteiger charge is -2.23. The minimum absolute atomic E-state index is 0.308. The van der Waals surface area contributed by atoms with Crippen LogP contribution in [-0.4, -0.2) is 34.0 Å². The molecule has 0 aliphatic carbocycles. The number of pyridine rings is 1. The van der Waals surface area contributed by atoms with Gasteiger partial charge in [-0.1, -0.05) is 0 Å². The zero-order valence-electron chi connectivity index (χ0n) is 15.9. The standard InChI is InChI=1S/C20H23N5O2S/c1-13-5-6-18(28-13)19-16(4-3-9-21-19)23-20(26)24-17-12-22-25(14(17)2)15-7-10-27-11-8-15/h3-6,9,12,15H,7-8,10-11H2,1-2H3,(H2,23,24,26). The lowest BCUT2D eigenvalue weighted by atomic mass is 10.1. The number of nitrogens with zero attached hydrogens (tertiary/aromatic N) is 3. The first-order valence-corrected chi connectivity index (χ1v) is 10.1. The minimum Gasteiger partial charge on any atom is -0.381 e. The van der Waals surface area contributed by atoms with Gasteiger partial charge in [-0.3, -0.25) is 9.67 Å². The van der Waals surface area contributed by atoms with Crippen LogP contribution in [0.2, 0.25) is 0 Å². The molecule has 146 valence electrons. The first-order valence-electron chi connectivity index (χ1n) is 9.33. The molecule has 3 aromatic heterocycles. The summed E-state index contributed by atoms with van der Waals surface area (Å²) in [5, 5.41) is 10.3. The van der Waals surface area contributed by atoms with E-state index in [2.05, 4.69) is 27.6 Å². The predicted octanol–water partition coefficient (Wildman–Crippen LogP) is 4.62. The van der Waals surface area contributed by atoms with Crippen molar-refractivity contribution in [3.05, 3.63) is 47.2 Å². The van der Waals surface area contributed by atoms with Crippen LogP contribution < -0.4 is 10.6 Å². The summed E-state index contributed by atoms with van der Waals surface area (Å²) in [7, 11) is 0. The van der Waals surface area contributed by atoms with Gasteiger partial charge in [-0.2, -0.15) is 5.10 Å². The van der Waals surface area contributed by atoms with Crippen LogP contribution >= 0.6 is 11.3 Å². The van der Waals surface area contributed by atoms with Crippen molar-refractivity contribution in [3.63, 3.8) is 0 Å². The lowest BCUT2D eigenvalue weighted by Crippen LogP contribution is -2.22. The summed E-state index contributed by atoms with van der Waals surface area (Å²) in [4.78, 5) is 19.3. The fourth-order valence-corrected chi connectivity index (χ4v) is 4.26. The van der Waals surface area contributed by atoms with Crippen molar-refractivity contribution in [2.45, 2.75) is 32.7 Å². The average molecular weight is 398 g/mol. The van der Waals surface area contributed by atoms with Crippen LogP contribution in [0.4, 0.5) is 16.2 Å². The Morgan fingerprint density at radius 1 is 1.18 bits per heavy atom. The summed E-state index contributed by atoms with van der Waals surface area (Å²) in [6.07, 6.45) is 5.31. The molecule has 0 spiro atoms. The number of rotatable bonds is 4. The predicted molar refractivity (Wildman–Crippen MR) is 111 cm³/mol. The molecule has 4 rings (SSSR count). The third kappa shape index (κ3) is 3.93. The number of thiophene rings is 1. The number of urea groups is 1. The van der Waals surface area contributed by atoms with Crippen molar-refractivity contribution in [3.8, 4) is 10.6 Å². The molecule has 8 heteroatoms. The summed E-state index contributed by atoms with van der Waals surface area (Å²) in [5.41, 5.74) is 3.10. The second-order valence-corrected chi connectivity index (χ2v) is 8.11. The number of anilines is 2. The molecule has 7 nitrogen and oxygen atoms in total. The SMILES string of the molecule is Cc1ccc(-c2ncccc2NC(=O)Nc2cnn(C3CCOCC3)c2C)s1. The molecule has 1 aliphatic heterocycles. The number of amides is 2. The van der Waals surface area contributed by atoms with Gasteiger partial charge in [0.2, 0.25) is 0 Å². The van der Waals surface area contributed by atoms with E-state index >= 15 is 0 Å². The third-order valence-corrected chi connectivity index (χ3v) is 5.87. The van der Waals surface area contributed by atoms with E-state index in [1.807, 2.05) is 35.9 Å². The fraction of sp³-hybridized carbons (Fsp3) is 0.350. The minimum atomic E-state index is -0.308. The second kappa shape index (κ2) is 8.12. The van der Waals surface area contributed by atoms with E-state index in [0.717, 1.165) is 42.3 Å². The first kappa shape index (κ1) is 18.6. The number of aromatic nitrogens is 3. The number of aryl methyl sites for hydroxylation is 1. The van der Waals surface area contributed by atoms with E-state index in [1.54, 1.807) is 23.7 Å². The number of hydrogen-bond acceptors (Lipinski definition) is 5. The number of hydrogen-bond donors (Lipinski definition) is 2. The topological polar surface area (TPSA) is 81.1 Å². The highest BCUT2D eigenvalue weighted by Crippen LogP contribution is 2.31. The molecule has 4 heterocycles. The van der Waals surface area contributed by atoms with Gasteiger partial charge in [0.25, 0.3) is 0 Å². The average Bonchev–Trinajstić information content (AvgIpc) is 3.29. The molecule has 2 N–H and O–H groups in total. The fourth-order valence-electron chi connectivity index (χ4n) is 3.38.